The molecule has 2 N–H and O–H groups in total. The summed E-state index contributed by atoms with van der Waals surface area (Å²) in [6, 6.07) is 11.7. The van der Waals surface area contributed by atoms with E-state index in [-0.39, 0.29) is 23.3 Å². The smallest absolute Gasteiger partial charge is 0.277 e. The lowest BCUT2D eigenvalue weighted by Gasteiger charge is -2.20. The Balaban J connectivity index is 1.13. The molecule has 5 rings (SSSR count). The first kappa shape index (κ1) is 22.7. The van der Waals surface area contributed by atoms with Gasteiger partial charge in [0.2, 0.25) is 11.8 Å². The Morgan fingerprint density at radius 3 is 2.83 bits per heavy atom. The van der Waals surface area contributed by atoms with Gasteiger partial charge >= 0.3 is 0 Å². The standard InChI is InChI=1S/C25H26N6O4/c32-22(10-2-1-5-14-31-25(35)17-7-3-4-8-20(17)28-29-31)26-16-11-12-19-18(15-16)24(34)30-13-6-9-21(30)23(33)27-19/h3-4,7-8,11-12,15,21H,1-2,5-6,9-10,13-14H2,(H,26,32)(H,27,33). The third-order valence-electron chi connectivity index (χ3n) is 6.51. The summed E-state index contributed by atoms with van der Waals surface area (Å²) in [7, 11) is 0. The topological polar surface area (TPSA) is 126 Å². The Kier molecular flexibility index (Phi) is 6.26. The van der Waals surface area contributed by atoms with Gasteiger partial charge in [0.05, 0.1) is 16.6 Å². The number of aromatic nitrogens is 3. The summed E-state index contributed by atoms with van der Waals surface area (Å²) < 4.78 is 1.36. The van der Waals surface area contributed by atoms with Crippen molar-refractivity contribution in [3.05, 3.63) is 58.4 Å². The molecule has 180 valence electrons. The van der Waals surface area contributed by atoms with E-state index < -0.39 is 6.04 Å². The van der Waals surface area contributed by atoms with Crippen LogP contribution in [-0.2, 0) is 16.1 Å². The van der Waals surface area contributed by atoms with Crippen LogP contribution in [0.3, 0.4) is 0 Å². The van der Waals surface area contributed by atoms with Crippen LogP contribution in [0.4, 0.5) is 11.4 Å². The molecule has 0 aliphatic carbocycles. The van der Waals surface area contributed by atoms with Crippen LogP contribution in [-0.4, -0.2) is 50.2 Å². The van der Waals surface area contributed by atoms with Gasteiger partial charge in [-0.25, -0.2) is 4.68 Å². The first-order valence-corrected chi connectivity index (χ1v) is 11.9. The minimum Gasteiger partial charge on any atom is -0.327 e. The van der Waals surface area contributed by atoms with E-state index in [9.17, 15) is 19.2 Å². The minimum atomic E-state index is -0.426. The third-order valence-corrected chi connectivity index (χ3v) is 6.51. The van der Waals surface area contributed by atoms with Crippen LogP contribution in [0.1, 0.15) is 48.9 Å². The zero-order valence-electron chi connectivity index (χ0n) is 19.2. The summed E-state index contributed by atoms with van der Waals surface area (Å²) in [5, 5.41) is 14.3. The lowest BCUT2D eigenvalue weighted by molar-refractivity contribution is -0.119. The molecule has 3 heterocycles. The fourth-order valence-electron chi connectivity index (χ4n) is 4.68. The summed E-state index contributed by atoms with van der Waals surface area (Å²) >= 11 is 0. The summed E-state index contributed by atoms with van der Waals surface area (Å²) in [5.74, 6) is -0.510. The lowest BCUT2D eigenvalue weighted by atomic mass is 10.1. The van der Waals surface area contributed by atoms with E-state index in [0.717, 1.165) is 12.8 Å². The molecule has 0 radical (unpaired) electrons. The van der Waals surface area contributed by atoms with E-state index >= 15 is 0 Å². The van der Waals surface area contributed by atoms with E-state index in [4.69, 9.17) is 0 Å². The van der Waals surface area contributed by atoms with E-state index in [0.29, 0.717) is 66.6 Å². The molecule has 3 aromatic rings. The molecule has 10 heteroatoms. The Bertz CT molecular complexity index is 1370. The first-order chi connectivity index (χ1) is 17.0. The van der Waals surface area contributed by atoms with Crippen LogP contribution in [0.25, 0.3) is 10.9 Å². The Labute approximate surface area is 201 Å². The highest BCUT2D eigenvalue weighted by Gasteiger charge is 2.38. The Hall–Kier alpha value is -4.08. The number of fused-ring (bicyclic) bond motifs is 3. The minimum absolute atomic E-state index is 0.156. The van der Waals surface area contributed by atoms with Crippen molar-refractivity contribution in [1.29, 1.82) is 0 Å². The quantitative estimate of drug-likeness (QED) is 0.507. The Morgan fingerprint density at radius 2 is 1.94 bits per heavy atom. The molecule has 0 saturated carbocycles. The van der Waals surface area contributed by atoms with E-state index in [1.807, 2.05) is 6.07 Å². The Morgan fingerprint density at radius 1 is 1.09 bits per heavy atom. The molecule has 2 aliphatic rings. The number of hydrogen-bond donors (Lipinski definition) is 2. The second-order valence-corrected chi connectivity index (χ2v) is 8.90. The van der Waals surface area contributed by atoms with Crippen molar-refractivity contribution < 1.29 is 14.4 Å². The van der Waals surface area contributed by atoms with Gasteiger partial charge in [-0.2, -0.15) is 0 Å². The number of benzene rings is 2. The number of aryl methyl sites for hydroxylation is 1. The third kappa shape index (κ3) is 4.64. The summed E-state index contributed by atoms with van der Waals surface area (Å²) in [4.78, 5) is 51.9. The van der Waals surface area contributed by atoms with E-state index in [1.54, 1.807) is 41.3 Å². The van der Waals surface area contributed by atoms with Gasteiger partial charge in [-0.3, -0.25) is 19.2 Å². The van der Waals surface area contributed by atoms with Crippen molar-refractivity contribution in [3.8, 4) is 0 Å². The number of carbonyl (C=O) groups is 3. The molecule has 35 heavy (non-hydrogen) atoms. The van der Waals surface area contributed by atoms with Crippen molar-refractivity contribution in [3.63, 3.8) is 0 Å². The van der Waals surface area contributed by atoms with E-state index in [1.165, 1.54) is 4.68 Å². The molecule has 3 amide bonds. The molecule has 0 spiro atoms. The van der Waals surface area contributed by atoms with E-state index in [2.05, 4.69) is 20.9 Å². The molecular weight excluding hydrogens is 448 g/mol. The van der Waals surface area contributed by atoms with Gasteiger partial charge in [-0.15, -0.1) is 5.10 Å². The van der Waals surface area contributed by atoms with Crippen LogP contribution >= 0.6 is 0 Å². The molecule has 2 aromatic carbocycles. The maximum atomic E-state index is 12.9. The maximum absolute atomic E-state index is 12.9. The summed E-state index contributed by atoms with van der Waals surface area (Å²) in [6.45, 7) is 0.998. The fourth-order valence-corrected chi connectivity index (χ4v) is 4.68. The van der Waals surface area contributed by atoms with Gasteiger partial charge in [0.25, 0.3) is 11.5 Å². The number of unbranched alkanes of at least 4 members (excludes halogenated alkanes) is 2. The highest BCUT2D eigenvalue weighted by Crippen LogP contribution is 2.30. The molecule has 1 saturated heterocycles. The summed E-state index contributed by atoms with van der Waals surface area (Å²) in [5.41, 5.74) is 1.80. The van der Waals surface area contributed by atoms with Gasteiger partial charge in [-0.1, -0.05) is 23.8 Å². The zero-order valence-corrected chi connectivity index (χ0v) is 19.2. The first-order valence-electron chi connectivity index (χ1n) is 11.9. The van der Waals surface area contributed by atoms with Crippen molar-refractivity contribution >= 4 is 40.0 Å². The van der Waals surface area contributed by atoms with Gasteiger partial charge in [0.1, 0.15) is 11.6 Å². The van der Waals surface area contributed by atoms with Crippen molar-refractivity contribution in [2.24, 2.45) is 0 Å². The molecule has 1 aromatic heterocycles. The largest absolute Gasteiger partial charge is 0.327 e. The SMILES string of the molecule is O=C(CCCCCn1nnc2ccccc2c1=O)Nc1ccc2c(c1)C(=O)N1CCCC1C(=O)N2. The molecule has 0 bridgehead atoms. The fraction of sp³-hybridized carbons (Fsp3) is 0.360. The van der Waals surface area contributed by atoms with Crippen LogP contribution in [0.5, 0.6) is 0 Å². The lowest BCUT2D eigenvalue weighted by Crippen LogP contribution is -2.40. The predicted octanol–water partition coefficient (Wildman–Crippen LogP) is 2.55. The van der Waals surface area contributed by atoms with Crippen LogP contribution in [0.2, 0.25) is 0 Å². The number of nitrogens with one attached hydrogen (secondary N) is 2. The second-order valence-electron chi connectivity index (χ2n) is 8.90. The molecular formula is C25H26N6O4. The number of nitrogens with zero attached hydrogens (tertiary/aromatic N) is 4. The number of hydrogen-bond acceptors (Lipinski definition) is 6. The van der Waals surface area contributed by atoms with Gasteiger partial charge < -0.3 is 15.5 Å². The molecule has 10 nitrogen and oxygen atoms in total. The summed E-state index contributed by atoms with van der Waals surface area (Å²) in [6.07, 6.45) is 3.88. The number of amides is 3. The predicted molar refractivity (Wildman–Crippen MR) is 130 cm³/mol. The van der Waals surface area contributed by atoms with Crippen LogP contribution in [0.15, 0.2) is 47.3 Å². The van der Waals surface area contributed by atoms with Crippen molar-refractivity contribution in [1.82, 2.24) is 19.9 Å². The number of carbonyl (C=O) groups excluding carboxylic acids is 3. The second kappa shape index (κ2) is 9.65. The number of anilines is 2. The zero-order chi connectivity index (χ0) is 24.4. The molecule has 1 fully saturated rings. The van der Waals surface area contributed by atoms with Gasteiger partial charge in [0, 0.05) is 25.2 Å². The van der Waals surface area contributed by atoms with Crippen LogP contribution < -0.4 is 16.2 Å². The average molecular weight is 475 g/mol. The molecule has 1 atom stereocenters. The monoisotopic (exact) mass is 474 g/mol. The van der Waals surface area contributed by atoms with Crippen molar-refractivity contribution in [2.75, 3.05) is 17.2 Å². The number of rotatable bonds is 7. The van der Waals surface area contributed by atoms with Crippen LogP contribution in [0, 0.1) is 0 Å². The highest BCUT2D eigenvalue weighted by molar-refractivity contribution is 6.11. The molecule has 2 aliphatic heterocycles. The van der Waals surface area contributed by atoms with Gasteiger partial charge in [-0.05, 0) is 56.0 Å². The molecule has 1 unspecified atom stereocenters. The van der Waals surface area contributed by atoms with Crippen molar-refractivity contribution in [2.45, 2.75) is 51.1 Å². The maximum Gasteiger partial charge on any atom is 0.277 e. The highest BCUT2D eigenvalue weighted by atomic mass is 16.2. The van der Waals surface area contributed by atoms with Gasteiger partial charge in [0.15, 0.2) is 0 Å². The normalized spacial score (nSPS) is 17.0. The average Bonchev–Trinajstić information content (AvgIpc) is 3.33.